The zero-order chi connectivity index (χ0) is 25.5. The minimum absolute atomic E-state index is 0.00230. The highest BCUT2D eigenvalue weighted by molar-refractivity contribution is 6.34. The molecule has 0 aliphatic heterocycles. The molecule has 3 aromatic rings. The minimum Gasteiger partial charge on any atom is -0.493 e. The van der Waals surface area contributed by atoms with Crippen LogP contribution in [-0.4, -0.2) is 17.9 Å². The number of nitro benzene ring substituents is 1. The Kier molecular flexibility index (Phi) is 8.31. The molecule has 35 heavy (non-hydrogen) atoms. The van der Waals surface area contributed by atoms with Crippen molar-refractivity contribution < 1.29 is 19.2 Å². The maximum Gasteiger partial charge on any atom is 0.271 e. The molecular weight excluding hydrogens is 493 g/mol. The average Bonchev–Trinajstić information content (AvgIpc) is 2.83. The molecule has 1 N–H and O–H groups in total. The number of carbonyl (C=O) groups excluding carboxylic acids is 1. The van der Waals surface area contributed by atoms with Gasteiger partial charge in [0.1, 0.15) is 18.2 Å². The SMILES string of the molecule is COc1cc(/C=C(\C#N)C(=O)Nc2cc([N+](=O)[O-])ccc2Cl)cc(Cl)c1OCc1ccc(C)cc1. The van der Waals surface area contributed by atoms with E-state index in [9.17, 15) is 20.2 Å². The van der Waals surface area contributed by atoms with Crippen LogP contribution in [0.1, 0.15) is 16.7 Å². The summed E-state index contributed by atoms with van der Waals surface area (Å²) in [6.45, 7) is 2.26. The van der Waals surface area contributed by atoms with E-state index < -0.39 is 10.8 Å². The number of nitrogens with one attached hydrogen (secondary N) is 1. The molecular formula is C25H19Cl2N3O5. The fourth-order valence-corrected chi connectivity index (χ4v) is 3.47. The lowest BCUT2D eigenvalue weighted by Gasteiger charge is -2.14. The molecule has 0 atom stereocenters. The van der Waals surface area contributed by atoms with E-state index in [0.717, 1.165) is 17.2 Å². The highest BCUT2D eigenvalue weighted by atomic mass is 35.5. The molecule has 0 aliphatic rings. The molecule has 3 rings (SSSR count). The third kappa shape index (κ3) is 6.51. The van der Waals surface area contributed by atoms with Crippen LogP contribution >= 0.6 is 23.2 Å². The van der Waals surface area contributed by atoms with Crippen molar-refractivity contribution in [3.8, 4) is 17.6 Å². The van der Waals surface area contributed by atoms with Crippen LogP contribution in [0.2, 0.25) is 10.0 Å². The largest absolute Gasteiger partial charge is 0.493 e. The van der Waals surface area contributed by atoms with Gasteiger partial charge in [-0.15, -0.1) is 0 Å². The molecule has 3 aromatic carbocycles. The predicted octanol–water partition coefficient (Wildman–Crippen LogP) is 6.34. The highest BCUT2D eigenvalue weighted by Crippen LogP contribution is 2.37. The summed E-state index contributed by atoms with van der Waals surface area (Å²) in [6, 6.07) is 16.3. The van der Waals surface area contributed by atoms with Gasteiger partial charge in [0.05, 0.1) is 27.8 Å². The van der Waals surface area contributed by atoms with Gasteiger partial charge in [-0.2, -0.15) is 5.26 Å². The smallest absolute Gasteiger partial charge is 0.271 e. The normalized spacial score (nSPS) is 10.9. The molecule has 0 saturated heterocycles. The summed E-state index contributed by atoms with van der Waals surface area (Å²) in [6.07, 6.45) is 1.30. The summed E-state index contributed by atoms with van der Waals surface area (Å²) in [5.74, 6) is -0.168. The number of carbonyl (C=O) groups is 1. The van der Waals surface area contributed by atoms with E-state index in [1.54, 1.807) is 6.07 Å². The third-order valence-electron chi connectivity index (χ3n) is 4.84. The third-order valence-corrected chi connectivity index (χ3v) is 5.45. The molecule has 0 unspecified atom stereocenters. The summed E-state index contributed by atoms with van der Waals surface area (Å²) in [5.41, 5.74) is 1.95. The maximum atomic E-state index is 12.7. The second kappa shape index (κ2) is 11.4. The number of non-ortho nitro benzene ring substituents is 1. The number of ether oxygens (including phenoxy) is 2. The number of rotatable bonds is 8. The number of benzene rings is 3. The van der Waals surface area contributed by atoms with Gasteiger partial charge in [-0.3, -0.25) is 14.9 Å². The van der Waals surface area contributed by atoms with Gasteiger partial charge in [-0.25, -0.2) is 0 Å². The van der Waals surface area contributed by atoms with Gasteiger partial charge in [0.25, 0.3) is 11.6 Å². The van der Waals surface area contributed by atoms with Gasteiger partial charge in [-0.1, -0.05) is 53.0 Å². The zero-order valence-corrected chi connectivity index (χ0v) is 20.2. The van der Waals surface area contributed by atoms with E-state index in [1.807, 2.05) is 37.3 Å². The standard InChI is InChI=1S/C25H19Cl2N3O5/c1-15-3-5-16(6-4-15)14-35-24-21(27)10-17(11-23(24)34-2)9-18(13-28)25(31)29-22-12-19(30(32)33)7-8-20(22)26/h3-12H,14H2,1-2H3,(H,29,31)/b18-9+. The summed E-state index contributed by atoms with van der Waals surface area (Å²) in [4.78, 5) is 23.0. The second-order valence-corrected chi connectivity index (χ2v) is 8.17. The Morgan fingerprint density at radius 1 is 1.14 bits per heavy atom. The highest BCUT2D eigenvalue weighted by Gasteiger charge is 2.17. The molecule has 8 nitrogen and oxygen atoms in total. The molecule has 1 amide bonds. The number of hydrogen-bond acceptors (Lipinski definition) is 6. The van der Waals surface area contributed by atoms with Crippen molar-refractivity contribution in [2.45, 2.75) is 13.5 Å². The number of hydrogen-bond donors (Lipinski definition) is 1. The molecule has 178 valence electrons. The van der Waals surface area contributed by atoms with Crippen molar-refractivity contribution in [3.05, 3.63) is 97.0 Å². The molecule has 0 heterocycles. The Morgan fingerprint density at radius 2 is 1.86 bits per heavy atom. The van der Waals surface area contributed by atoms with Crippen LogP contribution in [0.3, 0.4) is 0 Å². The van der Waals surface area contributed by atoms with Gasteiger partial charge in [-0.05, 0) is 42.3 Å². The maximum absolute atomic E-state index is 12.7. The van der Waals surface area contributed by atoms with Crippen LogP contribution in [0.25, 0.3) is 6.08 Å². The molecule has 0 spiro atoms. The van der Waals surface area contributed by atoms with E-state index in [0.29, 0.717) is 17.1 Å². The number of methoxy groups -OCH3 is 1. The number of amides is 1. The van der Waals surface area contributed by atoms with Crippen molar-refractivity contribution in [3.63, 3.8) is 0 Å². The average molecular weight is 512 g/mol. The van der Waals surface area contributed by atoms with Gasteiger partial charge < -0.3 is 14.8 Å². The van der Waals surface area contributed by atoms with Crippen molar-refractivity contribution in [2.75, 3.05) is 12.4 Å². The molecule has 0 radical (unpaired) electrons. The van der Waals surface area contributed by atoms with Gasteiger partial charge in [0.2, 0.25) is 0 Å². The first-order chi connectivity index (χ1) is 16.7. The Balaban J connectivity index is 1.84. The van der Waals surface area contributed by atoms with Gasteiger partial charge >= 0.3 is 0 Å². The quantitative estimate of drug-likeness (QED) is 0.163. The van der Waals surface area contributed by atoms with Crippen molar-refractivity contribution in [1.29, 1.82) is 5.26 Å². The number of nitrogens with zero attached hydrogens (tertiary/aromatic N) is 2. The number of nitriles is 1. The molecule has 0 aliphatic carbocycles. The van der Waals surface area contributed by atoms with E-state index in [1.165, 1.54) is 31.4 Å². The first kappa shape index (κ1) is 25.6. The molecule has 10 heteroatoms. The van der Waals surface area contributed by atoms with Crippen LogP contribution < -0.4 is 14.8 Å². The van der Waals surface area contributed by atoms with Crippen LogP contribution in [0, 0.1) is 28.4 Å². The Bertz CT molecular complexity index is 1350. The summed E-state index contributed by atoms with van der Waals surface area (Å²) >= 11 is 12.4. The number of aryl methyl sites for hydroxylation is 1. The molecule has 0 aromatic heterocycles. The van der Waals surface area contributed by atoms with Crippen LogP contribution in [-0.2, 0) is 11.4 Å². The monoisotopic (exact) mass is 511 g/mol. The summed E-state index contributed by atoms with van der Waals surface area (Å²) in [7, 11) is 1.44. The lowest BCUT2D eigenvalue weighted by atomic mass is 10.1. The predicted molar refractivity (Wildman–Crippen MR) is 134 cm³/mol. The lowest BCUT2D eigenvalue weighted by molar-refractivity contribution is -0.384. The number of nitro groups is 1. The van der Waals surface area contributed by atoms with E-state index in [-0.39, 0.29) is 33.6 Å². The topological polar surface area (TPSA) is 114 Å². The molecule has 0 saturated carbocycles. The Morgan fingerprint density at radius 3 is 2.49 bits per heavy atom. The first-order valence-corrected chi connectivity index (χ1v) is 10.9. The van der Waals surface area contributed by atoms with Crippen LogP contribution in [0.4, 0.5) is 11.4 Å². The molecule has 0 fully saturated rings. The number of anilines is 1. The fourth-order valence-electron chi connectivity index (χ4n) is 3.03. The van der Waals surface area contributed by atoms with E-state index in [2.05, 4.69) is 5.32 Å². The van der Waals surface area contributed by atoms with Gasteiger partial charge in [0.15, 0.2) is 11.5 Å². The minimum atomic E-state index is -0.801. The van der Waals surface area contributed by atoms with Crippen LogP contribution in [0.5, 0.6) is 11.5 Å². The zero-order valence-electron chi connectivity index (χ0n) is 18.7. The van der Waals surface area contributed by atoms with Crippen molar-refractivity contribution in [2.24, 2.45) is 0 Å². The lowest BCUT2D eigenvalue weighted by Crippen LogP contribution is -2.14. The number of halogens is 2. The van der Waals surface area contributed by atoms with Crippen molar-refractivity contribution >= 4 is 46.6 Å². The van der Waals surface area contributed by atoms with E-state index >= 15 is 0 Å². The summed E-state index contributed by atoms with van der Waals surface area (Å²) in [5, 5.41) is 23.2. The van der Waals surface area contributed by atoms with Crippen molar-refractivity contribution in [1.82, 2.24) is 0 Å². The first-order valence-electron chi connectivity index (χ1n) is 10.1. The van der Waals surface area contributed by atoms with Gasteiger partial charge in [0, 0.05) is 12.1 Å². The Hall–Kier alpha value is -4.06. The fraction of sp³-hybridized carbons (Fsp3) is 0.120. The second-order valence-electron chi connectivity index (χ2n) is 7.35. The van der Waals surface area contributed by atoms with Crippen LogP contribution in [0.15, 0.2) is 60.2 Å². The Labute approximate surface area is 211 Å². The molecule has 0 bridgehead atoms. The summed E-state index contributed by atoms with van der Waals surface area (Å²) < 4.78 is 11.2. The van der Waals surface area contributed by atoms with E-state index in [4.69, 9.17) is 32.7 Å².